The van der Waals surface area contributed by atoms with E-state index in [0.29, 0.717) is 0 Å². The van der Waals surface area contributed by atoms with E-state index < -0.39 is 0 Å². The molecular formula is C17H25IO. The lowest BCUT2D eigenvalue weighted by Crippen LogP contribution is -2.14. The van der Waals surface area contributed by atoms with E-state index in [4.69, 9.17) is 4.74 Å². The molecule has 0 aliphatic heterocycles. The average molecular weight is 372 g/mol. The Bertz CT molecular complexity index is 369. The highest BCUT2D eigenvalue weighted by atomic mass is 127. The zero-order valence-corrected chi connectivity index (χ0v) is 14.1. The summed E-state index contributed by atoms with van der Waals surface area (Å²) in [5.74, 6) is 0.790. The SMILES string of the molecule is Cc1cccc(C(CI)OCC2CCCCCC2)c1. The van der Waals surface area contributed by atoms with Gasteiger partial charge >= 0.3 is 0 Å². The Morgan fingerprint density at radius 3 is 2.58 bits per heavy atom. The molecule has 106 valence electrons. The van der Waals surface area contributed by atoms with Crippen LogP contribution in [0, 0.1) is 12.8 Å². The van der Waals surface area contributed by atoms with Crippen LogP contribution in [0.25, 0.3) is 0 Å². The first-order valence-electron chi connectivity index (χ1n) is 7.53. The van der Waals surface area contributed by atoms with Crippen LogP contribution >= 0.6 is 22.6 Å². The van der Waals surface area contributed by atoms with Crippen molar-refractivity contribution in [2.75, 3.05) is 11.0 Å². The Morgan fingerprint density at radius 2 is 1.95 bits per heavy atom. The summed E-state index contributed by atoms with van der Waals surface area (Å²) in [6.07, 6.45) is 8.63. The molecule has 0 spiro atoms. The molecule has 1 aromatic carbocycles. The molecule has 2 rings (SSSR count). The summed E-state index contributed by atoms with van der Waals surface area (Å²) in [6, 6.07) is 8.75. The molecule has 1 saturated carbocycles. The molecule has 1 atom stereocenters. The number of hydrogen-bond donors (Lipinski definition) is 0. The second-order valence-electron chi connectivity index (χ2n) is 5.75. The lowest BCUT2D eigenvalue weighted by Gasteiger charge is -2.20. The van der Waals surface area contributed by atoms with Gasteiger partial charge in [0.2, 0.25) is 0 Å². The van der Waals surface area contributed by atoms with E-state index >= 15 is 0 Å². The van der Waals surface area contributed by atoms with Gasteiger partial charge in [-0.05, 0) is 31.2 Å². The number of ether oxygens (including phenoxy) is 1. The van der Waals surface area contributed by atoms with Gasteiger partial charge in [-0.2, -0.15) is 0 Å². The van der Waals surface area contributed by atoms with Crippen LogP contribution in [0.4, 0.5) is 0 Å². The number of halogens is 1. The molecule has 1 aliphatic rings. The summed E-state index contributed by atoms with van der Waals surface area (Å²) in [6.45, 7) is 3.10. The molecule has 0 saturated heterocycles. The number of benzene rings is 1. The third-order valence-electron chi connectivity index (χ3n) is 4.06. The van der Waals surface area contributed by atoms with Crippen molar-refractivity contribution in [3.63, 3.8) is 0 Å². The van der Waals surface area contributed by atoms with Gasteiger partial charge in [-0.3, -0.25) is 0 Å². The van der Waals surface area contributed by atoms with Gasteiger partial charge in [0, 0.05) is 4.43 Å². The largest absolute Gasteiger partial charge is 0.372 e. The maximum Gasteiger partial charge on any atom is 0.0914 e. The lowest BCUT2D eigenvalue weighted by atomic mass is 10.0. The zero-order valence-electron chi connectivity index (χ0n) is 11.9. The first-order valence-corrected chi connectivity index (χ1v) is 9.06. The van der Waals surface area contributed by atoms with E-state index in [9.17, 15) is 0 Å². The van der Waals surface area contributed by atoms with E-state index in [0.717, 1.165) is 17.0 Å². The van der Waals surface area contributed by atoms with Gasteiger partial charge in [0.1, 0.15) is 0 Å². The summed E-state index contributed by atoms with van der Waals surface area (Å²) in [5.41, 5.74) is 2.66. The highest BCUT2D eigenvalue weighted by molar-refractivity contribution is 14.1. The molecule has 0 heterocycles. The average Bonchev–Trinajstić information content (AvgIpc) is 2.68. The predicted octanol–water partition coefficient (Wildman–Crippen LogP) is 5.46. The standard InChI is InChI=1S/C17H25IO/c1-14-7-6-10-16(11-14)17(12-18)19-13-15-8-4-2-3-5-9-15/h6-7,10-11,15,17H,2-5,8-9,12-13H2,1H3. The summed E-state index contributed by atoms with van der Waals surface area (Å²) in [4.78, 5) is 0. The molecule has 2 heteroatoms. The highest BCUT2D eigenvalue weighted by Crippen LogP contribution is 2.27. The molecule has 0 aromatic heterocycles. The zero-order chi connectivity index (χ0) is 13.5. The number of rotatable bonds is 5. The Labute approximate surface area is 131 Å². The molecule has 1 fully saturated rings. The van der Waals surface area contributed by atoms with Crippen LogP contribution in [-0.2, 0) is 4.74 Å². The minimum Gasteiger partial charge on any atom is -0.372 e. The van der Waals surface area contributed by atoms with Crippen molar-refractivity contribution in [1.82, 2.24) is 0 Å². The monoisotopic (exact) mass is 372 g/mol. The van der Waals surface area contributed by atoms with Crippen LogP contribution in [0.5, 0.6) is 0 Å². The molecule has 0 bridgehead atoms. The second kappa shape index (κ2) is 8.25. The summed E-state index contributed by atoms with van der Waals surface area (Å²) < 4.78 is 7.26. The van der Waals surface area contributed by atoms with Gasteiger partial charge in [0.05, 0.1) is 12.7 Å². The van der Waals surface area contributed by atoms with Crippen molar-refractivity contribution in [2.24, 2.45) is 5.92 Å². The molecule has 0 amide bonds. The summed E-state index contributed by atoms with van der Waals surface area (Å²) in [7, 11) is 0. The molecular weight excluding hydrogens is 347 g/mol. The first-order chi connectivity index (χ1) is 9.29. The molecule has 1 unspecified atom stereocenters. The Balaban J connectivity index is 1.88. The van der Waals surface area contributed by atoms with E-state index in [1.165, 1.54) is 49.7 Å². The number of hydrogen-bond acceptors (Lipinski definition) is 1. The van der Waals surface area contributed by atoms with Gasteiger partial charge in [-0.25, -0.2) is 0 Å². The van der Waals surface area contributed by atoms with Crippen LogP contribution in [0.15, 0.2) is 24.3 Å². The molecule has 0 N–H and O–H groups in total. The normalized spacial score (nSPS) is 19.1. The van der Waals surface area contributed by atoms with Gasteiger partial charge in [-0.15, -0.1) is 0 Å². The van der Waals surface area contributed by atoms with Gasteiger partial charge < -0.3 is 4.74 Å². The third kappa shape index (κ3) is 5.07. The second-order valence-corrected chi connectivity index (χ2v) is 6.63. The Morgan fingerprint density at radius 1 is 1.21 bits per heavy atom. The van der Waals surface area contributed by atoms with Crippen molar-refractivity contribution in [1.29, 1.82) is 0 Å². The summed E-state index contributed by atoms with van der Waals surface area (Å²) in [5, 5.41) is 0. The van der Waals surface area contributed by atoms with Gasteiger partial charge in [0.25, 0.3) is 0 Å². The minimum absolute atomic E-state index is 0.267. The number of alkyl halides is 1. The molecule has 1 nitrogen and oxygen atoms in total. The fourth-order valence-corrected chi connectivity index (χ4v) is 3.65. The van der Waals surface area contributed by atoms with Crippen LogP contribution in [0.3, 0.4) is 0 Å². The lowest BCUT2D eigenvalue weighted by molar-refractivity contribution is 0.0401. The van der Waals surface area contributed by atoms with Crippen molar-refractivity contribution in [2.45, 2.75) is 51.6 Å². The Hall–Kier alpha value is -0.0900. The molecule has 1 aromatic rings. The van der Waals surface area contributed by atoms with Crippen molar-refractivity contribution < 1.29 is 4.74 Å². The quantitative estimate of drug-likeness (QED) is 0.379. The van der Waals surface area contributed by atoms with E-state index in [2.05, 4.69) is 53.8 Å². The van der Waals surface area contributed by atoms with Gasteiger partial charge in [0.15, 0.2) is 0 Å². The predicted molar refractivity (Wildman–Crippen MR) is 90.0 cm³/mol. The fraction of sp³-hybridized carbons (Fsp3) is 0.647. The molecule has 19 heavy (non-hydrogen) atoms. The van der Waals surface area contributed by atoms with E-state index in [1.54, 1.807) is 0 Å². The minimum atomic E-state index is 0.267. The topological polar surface area (TPSA) is 9.23 Å². The van der Waals surface area contributed by atoms with E-state index in [1.807, 2.05) is 0 Å². The summed E-state index contributed by atoms with van der Waals surface area (Å²) >= 11 is 2.44. The maximum atomic E-state index is 6.22. The Kier molecular flexibility index (Phi) is 6.65. The van der Waals surface area contributed by atoms with Crippen molar-refractivity contribution in [3.05, 3.63) is 35.4 Å². The first kappa shape index (κ1) is 15.3. The smallest absolute Gasteiger partial charge is 0.0914 e. The maximum absolute atomic E-state index is 6.22. The number of aryl methyl sites for hydroxylation is 1. The van der Waals surface area contributed by atoms with Crippen molar-refractivity contribution >= 4 is 22.6 Å². The van der Waals surface area contributed by atoms with Crippen LogP contribution in [0.2, 0.25) is 0 Å². The van der Waals surface area contributed by atoms with Crippen LogP contribution in [0.1, 0.15) is 55.8 Å². The van der Waals surface area contributed by atoms with Gasteiger partial charge in [-0.1, -0.05) is 78.1 Å². The molecule has 0 radical (unpaired) electrons. The third-order valence-corrected chi connectivity index (χ3v) is 4.86. The van der Waals surface area contributed by atoms with Crippen molar-refractivity contribution in [3.8, 4) is 0 Å². The fourth-order valence-electron chi connectivity index (χ4n) is 2.88. The van der Waals surface area contributed by atoms with Crippen LogP contribution < -0.4 is 0 Å². The highest BCUT2D eigenvalue weighted by Gasteiger charge is 2.16. The van der Waals surface area contributed by atoms with Crippen LogP contribution in [-0.4, -0.2) is 11.0 Å². The van der Waals surface area contributed by atoms with E-state index in [-0.39, 0.29) is 6.10 Å². The molecule has 1 aliphatic carbocycles.